The van der Waals surface area contributed by atoms with Gasteiger partial charge in [-0.1, -0.05) is 0 Å². The van der Waals surface area contributed by atoms with Crippen LogP contribution in [-0.2, 0) is 16.4 Å². The van der Waals surface area contributed by atoms with Gasteiger partial charge >= 0.3 is 0 Å². The number of sulfonamides is 1. The number of amides is 1. The van der Waals surface area contributed by atoms with E-state index in [0.29, 0.717) is 23.8 Å². The zero-order valence-corrected chi connectivity index (χ0v) is 17.5. The Balaban J connectivity index is 1.67. The van der Waals surface area contributed by atoms with Gasteiger partial charge in [-0.3, -0.25) is 9.89 Å². The van der Waals surface area contributed by atoms with Crippen LogP contribution in [0.4, 0.5) is 4.39 Å². The second-order valence-electron chi connectivity index (χ2n) is 6.85. The predicted octanol–water partition coefficient (Wildman–Crippen LogP) is 2.21. The lowest BCUT2D eigenvalue weighted by atomic mass is 10.2. The number of halogens is 1. The molecule has 0 saturated heterocycles. The maximum absolute atomic E-state index is 14.2. The van der Waals surface area contributed by atoms with Crippen LogP contribution in [0.1, 0.15) is 30.0 Å². The van der Waals surface area contributed by atoms with Crippen molar-refractivity contribution in [3.05, 3.63) is 53.8 Å². The monoisotopic (exact) mass is 435 g/mol. The van der Waals surface area contributed by atoms with Gasteiger partial charge in [0, 0.05) is 26.1 Å². The predicted molar refractivity (Wildman–Crippen MR) is 107 cm³/mol. The summed E-state index contributed by atoms with van der Waals surface area (Å²) in [5, 5.41) is 9.33. The quantitative estimate of drug-likeness (QED) is 0.560. The van der Waals surface area contributed by atoms with Crippen LogP contribution in [0.15, 0.2) is 45.9 Å². The molecule has 3 aromatic rings. The van der Waals surface area contributed by atoms with E-state index >= 15 is 0 Å². The van der Waals surface area contributed by atoms with Gasteiger partial charge in [0.25, 0.3) is 5.91 Å². The minimum Gasteiger partial charge on any atom is -0.461 e. The van der Waals surface area contributed by atoms with Gasteiger partial charge in [-0.05, 0) is 44.2 Å². The van der Waals surface area contributed by atoms with E-state index in [9.17, 15) is 17.6 Å². The molecule has 3 rings (SSSR count). The SMILES string of the molecule is CC(C)N(C)S(=O)(=O)c1ccc(F)c(C(=O)NCCc2nc(-c3ccco3)n[nH]2)c1. The number of furan rings is 1. The summed E-state index contributed by atoms with van der Waals surface area (Å²) < 4.78 is 45.7. The lowest BCUT2D eigenvalue weighted by Gasteiger charge is -2.21. The molecule has 2 N–H and O–H groups in total. The minimum atomic E-state index is -3.84. The molecular formula is C19H22FN5O4S. The summed E-state index contributed by atoms with van der Waals surface area (Å²) >= 11 is 0. The Morgan fingerprint density at radius 1 is 1.33 bits per heavy atom. The van der Waals surface area contributed by atoms with Crippen LogP contribution in [-0.4, -0.2) is 53.4 Å². The molecule has 0 spiro atoms. The number of rotatable bonds is 8. The van der Waals surface area contributed by atoms with E-state index in [1.54, 1.807) is 26.0 Å². The van der Waals surface area contributed by atoms with E-state index in [1.807, 2.05) is 0 Å². The number of carbonyl (C=O) groups is 1. The molecule has 0 radical (unpaired) electrons. The van der Waals surface area contributed by atoms with Crippen LogP contribution in [0, 0.1) is 5.82 Å². The molecule has 0 aliphatic heterocycles. The first-order valence-electron chi connectivity index (χ1n) is 9.21. The van der Waals surface area contributed by atoms with Crippen molar-refractivity contribution in [2.45, 2.75) is 31.2 Å². The third-order valence-electron chi connectivity index (χ3n) is 4.51. The van der Waals surface area contributed by atoms with Gasteiger partial charge in [-0.15, -0.1) is 0 Å². The van der Waals surface area contributed by atoms with Crippen LogP contribution >= 0.6 is 0 Å². The first-order valence-corrected chi connectivity index (χ1v) is 10.6. The van der Waals surface area contributed by atoms with E-state index < -0.39 is 21.7 Å². The number of nitrogens with one attached hydrogen (secondary N) is 2. The molecule has 0 bridgehead atoms. The third-order valence-corrected chi connectivity index (χ3v) is 6.54. The number of H-pyrrole nitrogens is 1. The highest BCUT2D eigenvalue weighted by Gasteiger charge is 2.25. The number of hydrogen-bond donors (Lipinski definition) is 2. The van der Waals surface area contributed by atoms with Crippen LogP contribution in [0.25, 0.3) is 11.6 Å². The molecule has 0 unspecified atom stereocenters. The standard InChI is InChI=1S/C19H22FN5O4S/c1-12(2)25(3)30(27,28)13-6-7-15(20)14(11-13)19(26)21-9-8-17-22-18(24-23-17)16-5-4-10-29-16/h4-7,10-12H,8-9H2,1-3H3,(H,21,26)(H,22,23,24). The molecule has 30 heavy (non-hydrogen) atoms. The Morgan fingerprint density at radius 2 is 2.10 bits per heavy atom. The summed E-state index contributed by atoms with van der Waals surface area (Å²) in [4.78, 5) is 16.5. The van der Waals surface area contributed by atoms with Crippen LogP contribution in [0.2, 0.25) is 0 Å². The van der Waals surface area contributed by atoms with Crippen molar-refractivity contribution in [2.75, 3.05) is 13.6 Å². The minimum absolute atomic E-state index is 0.147. The average molecular weight is 435 g/mol. The Morgan fingerprint density at radius 3 is 2.77 bits per heavy atom. The zero-order chi connectivity index (χ0) is 21.9. The fourth-order valence-corrected chi connectivity index (χ4v) is 3.99. The molecule has 160 valence electrons. The van der Waals surface area contributed by atoms with Crippen molar-refractivity contribution in [1.82, 2.24) is 24.8 Å². The van der Waals surface area contributed by atoms with Crippen molar-refractivity contribution in [2.24, 2.45) is 0 Å². The number of aromatic amines is 1. The molecule has 2 aromatic heterocycles. The van der Waals surface area contributed by atoms with Crippen molar-refractivity contribution in [1.29, 1.82) is 0 Å². The normalized spacial score (nSPS) is 11.9. The molecular weight excluding hydrogens is 413 g/mol. The molecule has 0 aliphatic carbocycles. The maximum Gasteiger partial charge on any atom is 0.254 e. The van der Waals surface area contributed by atoms with Gasteiger partial charge in [0.05, 0.1) is 16.7 Å². The van der Waals surface area contributed by atoms with Gasteiger partial charge in [0.1, 0.15) is 11.6 Å². The zero-order valence-electron chi connectivity index (χ0n) is 16.7. The Labute approximate surface area is 173 Å². The van der Waals surface area contributed by atoms with E-state index in [-0.39, 0.29) is 23.0 Å². The van der Waals surface area contributed by atoms with Gasteiger partial charge < -0.3 is 9.73 Å². The molecule has 0 fully saturated rings. The molecule has 0 atom stereocenters. The fourth-order valence-electron chi connectivity index (χ4n) is 2.60. The number of aromatic nitrogens is 3. The fraction of sp³-hybridized carbons (Fsp3) is 0.316. The second kappa shape index (κ2) is 8.76. The second-order valence-corrected chi connectivity index (χ2v) is 8.84. The van der Waals surface area contributed by atoms with Crippen molar-refractivity contribution >= 4 is 15.9 Å². The summed E-state index contributed by atoms with van der Waals surface area (Å²) in [6.45, 7) is 3.58. The van der Waals surface area contributed by atoms with E-state index in [2.05, 4.69) is 20.5 Å². The number of benzene rings is 1. The third kappa shape index (κ3) is 4.57. The highest BCUT2D eigenvalue weighted by molar-refractivity contribution is 7.89. The Hall–Kier alpha value is -3.05. The summed E-state index contributed by atoms with van der Waals surface area (Å²) in [6.07, 6.45) is 1.82. The van der Waals surface area contributed by atoms with E-state index in [0.717, 1.165) is 22.5 Å². The highest BCUT2D eigenvalue weighted by atomic mass is 32.2. The number of nitrogens with zero attached hydrogens (tertiary/aromatic N) is 3. The number of hydrogen-bond acceptors (Lipinski definition) is 6. The van der Waals surface area contributed by atoms with Gasteiger partial charge in [0.2, 0.25) is 15.8 Å². The molecule has 0 aliphatic rings. The molecule has 0 saturated carbocycles. The smallest absolute Gasteiger partial charge is 0.254 e. The lowest BCUT2D eigenvalue weighted by molar-refractivity contribution is 0.0949. The van der Waals surface area contributed by atoms with Gasteiger partial charge in [-0.25, -0.2) is 17.8 Å². The highest BCUT2D eigenvalue weighted by Crippen LogP contribution is 2.20. The summed E-state index contributed by atoms with van der Waals surface area (Å²) in [7, 11) is -2.41. The first-order chi connectivity index (χ1) is 14.2. The summed E-state index contributed by atoms with van der Waals surface area (Å²) in [5.41, 5.74) is -0.345. The van der Waals surface area contributed by atoms with Crippen molar-refractivity contribution < 1.29 is 22.0 Å². The van der Waals surface area contributed by atoms with Crippen LogP contribution < -0.4 is 5.32 Å². The largest absolute Gasteiger partial charge is 0.461 e. The van der Waals surface area contributed by atoms with E-state index in [4.69, 9.17) is 4.42 Å². The van der Waals surface area contributed by atoms with Gasteiger partial charge in [0.15, 0.2) is 5.76 Å². The van der Waals surface area contributed by atoms with Gasteiger partial charge in [-0.2, -0.15) is 9.40 Å². The lowest BCUT2D eigenvalue weighted by Crippen LogP contribution is -2.33. The van der Waals surface area contributed by atoms with E-state index in [1.165, 1.54) is 13.3 Å². The molecule has 1 aromatic carbocycles. The number of carbonyl (C=O) groups excluding carboxylic acids is 1. The van der Waals surface area contributed by atoms with Crippen molar-refractivity contribution in [3.8, 4) is 11.6 Å². The van der Waals surface area contributed by atoms with Crippen LogP contribution in [0.3, 0.4) is 0 Å². The molecule has 2 heterocycles. The van der Waals surface area contributed by atoms with Crippen LogP contribution in [0.5, 0.6) is 0 Å². The summed E-state index contributed by atoms with van der Waals surface area (Å²) in [5.74, 6) is -0.120. The molecule has 11 heteroatoms. The average Bonchev–Trinajstić information content (AvgIpc) is 3.39. The van der Waals surface area contributed by atoms with Crippen molar-refractivity contribution in [3.63, 3.8) is 0 Å². The first kappa shape index (κ1) is 21.7. The Kier molecular flexibility index (Phi) is 6.32. The summed E-state index contributed by atoms with van der Waals surface area (Å²) in [6, 6.07) is 6.31. The maximum atomic E-state index is 14.2. The molecule has 9 nitrogen and oxygen atoms in total. The Bertz CT molecular complexity index is 1130. The topological polar surface area (TPSA) is 121 Å². The molecule has 1 amide bonds.